The Labute approximate surface area is 235 Å². The fraction of sp³-hybridized carbons (Fsp3) is 0.286. The van der Waals surface area contributed by atoms with E-state index in [1.54, 1.807) is 0 Å². The molecule has 0 bridgehead atoms. The molecule has 0 radical (unpaired) electrons. The van der Waals surface area contributed by atoms with Crippen LogP contribution < -0.4 is 5.32 Å². The summed E-state index contributed by atoms with van der Waals surface area (Å²) in [5.41, 5.74) is -1.96. The molecule has 8 nitrogen and oxygen atoms in total. The highest BCUT2D eigenvalue weighted by Gasteiger charge is 2.39. The van der Waals surface area contributed by atoms with E-state index < -0.39 is 35.9 Å². The number of amides is 1. The van der Waals surface area contributed by atoms with Crippen molar-refractivity contribution in [3.63, 3.8) is 0 Å². The van der Waals surface area contributed by atoms with E-state index in [0.717, 1.165) is 43.4 Å². The Bertz CT molecular complexity index is 1620. The molecule has 220 valence electrons. The van der Waals surface area contributed by atoms with Gasteiger partial charge in [-0.3, -0.25) is 9.20 Å². The Morgan fingerprint density at radius 1 is 1.05 bits per heavy atom. The van der Waals surface area contributed by atoms with Gasteiger partial charge in [0.15, 0.2) is 11.9 Å². The summed E-state index contributed by atoms with van der Waals surface area (Å²) in [5.74, 6) is -0.341. The standard InChI is InChI=1S/C28H24F6N6O2/c1-2-21(41)39-13-4-3-5-19(39)25-38-22(23-24(28(32,33)34)36-12-14-40(23)25)16-6-8-17(9-7-16)26(42)37-20-15-18(10-11-35-20)27(29,30)31/h2,6-12,14-15,19,26,42H,1,3-5,13H2,(H,35,37)/t19-,26?/m0/s1. The van der Waals surface area contributed by atoms with Crippen LogP contribution in [0.15, 0.2) is 67.6 Å². The topological polar surface area (TPSA) is 95.7 Å². The molecule has 2 atom stereocenters. The Morgan fingerprint density at radius 2 is 1.79 bits per heavy atom. The van der Waals surface area contributed by atoms with Gasteiger partial charge in [-0.2, -0.15) is 26.3 Å². The second-order valence-corrected chi connectivity index (χ2v) is 9.65. The number of pyridine rings is 1. The minimum Gasteiger partial charge on any atom is -0.369 e. The third kappa shape index (κ3) is 5.66. The van der Waals surface area contributed by atoms with E-state index in [1.165, 1.54) is 39.8 Å². The van der Waals surface area contributed by atoms with Crippen LogP contribution in [0, 0.1) is 0 Å². The number of hydrogen-bond acceptors (Lipinski definition) is 6. The molecular weight excluding hydrogens is 566 g/mol. The van der Waals surface area contributed by atoms with Crippen molar-refractivity contribution in [2.45, 2.75) is 43.9 Å². The Balaban J connectivity index is 1.53. The number of carbonyl (C=O) groups is 1. The maximum absolute atomic E-state index is 14.1. The number of alkyl halides is 6. The van der Waals surface area contributed by atoms with Gasteiger partial charge < -0.3 is 15.3 Å². The second kappa shape index (κ2) is 11.1. The average Bonchev–Trinajstić information content (AvgIpc) is 3.35. The summed E-state index contributed by atoms with van der Waals surface area (Å²) in [4.78, 5) is 26.1. The summed E-state index contributed by atoms with van der Waals surface area (Å²) in [7, 11) is 0. The molecule has 2 N–H and O–H groups in total. The summed E-state index contributed by atoms with van der Waals surface area (Å²) in [6.45, 7) is 3.93. The summed E-state index contributed by atoms with van der Waals surface area (Å²) < 4.78 is 82.7. The smallest absolute Gasteiger partial charge is 0.369 e. The van der Waals surface area contributed by atoms with Crippen LogP contribution in [-0.4, -0.2) is 41.8 Å². The molecule has 1 unspecified atom stereocenters. The zero-order valence-corrected chi connectivity index (χ0v) is 21.8. The molecule has 42 heavy (non-hydrogen) atoms. The lowest BCUT2D eigenvalue weighted by Crippen LogP contribution is -2.38. The molecule has 4 heterocycles. The highest BCUT2D eigenvalue weighted by molar-refractivity contribution is 5.87. The fourth-order valence-corrected chi connectivity index (χ4v) is 5.02. The molecule has 1 aliphatic heterocycles. The number of hydrogen-bond donors (Lipinski definition) is 2. The molecule has 1 aliphatic rings. The van der Waals surface area contributed by atoms with Crippen LogP contribution in [-0.2, 0) is 17.1 Å². The molecule has 1 amide bonds. The largest absolute Gasteiger partial charge is 0.435 e. The molecule has 3 aromatic heterocycles. The van der Waals surface area contributed by atoms with Crippen LogP contribution >= 0.6 is 0 Å². The van der Waals surface area contributed by atoms with Gasteiger partial charge in [0.1, 0.15) is 17.2 Å². The van der Waals surface area contributed by atoms with E-state index >= 15 is 0 Å². The summed E-state index contributed by atoms with van der Waals surface area (Å²) in [6.07, 6.45) is -4.42. The van der Waals surface area contributed by atoms with Crippen molar-refractivity contribution in [3.8, 4) is 11.3 Å². The van der Waals surface area contributed by atoms with Gasteiger partial charge in [0.2, 0.25) is 5.91 Å². The van der Waals surface area contributed by atoms with Crippen LogP contribution in [0.1, 0.15) is 54.2 Å². The number of aliphatic hydroxyl groups is 1. The van der Waals surface area contributed by atoms with E-state index in [1.807, 2.05) is 0 Å². The van der Waals surface area contributed by atoms with Crippen molar-refractivity contribution < 1.29 is 36.2 Å². The van der Waals surface area contributed by atoms with Crippen molar-refractivity contribution in [1.29, 1.82) is 0 Å². The van der Waals surface area contributed by atoms with Crippen LogP contribution in [0.4, 0.5) is 32.2 Å². The number of benzene rings is 1. The lowest BCUT2D eigenvalue weighted by atomic mass is 10.0. The Hall–Kier alpha value is -4.46. The van der Waals surface area contributed by atoms with Gasteiger partial charge >= 0.3 is 12.4 Å². The molecule has 4 aromatic rings. The molecule has 14 heteroatoms. The predicted octanol–water partition coefficient (Wildman–Crippen LogP) is 6.17. The predicted molar refractivity (Wildman–Crippen MR) is 140 cm³/mol. The first-order valence-electron chi connectivity index (χ1n) is 12.8. The van der Waals surface area contributed by atoms with Gasteiger partial charge in [-0.1, -0.05) is 30.8 Å². The number of likely N-dealkylation sites (tertiary alicyclic amines) is 1. The summed E-state index contributed by atoms with van der Waals surface area (Å²) in [6, 6.07) is 6.62. The first-order valence-corrected chi connectivity index (χ1v) is 12.8. The van der Waals surface area contributed by atoms with Crippen molar-refractivity contribution in [2.75, 3.05) is 11.9 Å². The van der Waals surface area contributed by atoms with Gasteiger partial charge in [0.05, 0.1) is 17.3 Å². The van der Waals surface area contributed by atoms with E-state index in [9.17, 15) is 36.2 Å². The molecule has 1 fully saturated rings. The average molecular weight is 591 g/mol. The zero-order valence-electron chi connectivity index (χ0n) is 21.8. The lowest BCUT2D eigenvalue weighted by molar-refractivity contribution is -0.140. The zero-order chi connectivity index (χ0) is 30.2. The van der Waals surface area contributed by atoms with Gasteiger partial charge in [0.25, 0.3) is 0 Å². The van der Waals surface area contributed by atoms with Gasteiger partial charge in [-0.15, -0.1) is 0 Å². The maximum atomic E-state index is 14.1. The third-order valence-corrected chi connectivity index (χ3v) is 6.98. The first kappa shape index (κ1) is 29.0. The number of nitrogens with one attached hydrogen (secondary N) is 1. The van der Waals surface area contributed by atoms with Crippen LogP contribution in [0.25, 0.3) is 16.8 Å². The van der Waals surface area contributed by atoms with Crippen molar-refractivity contribution >= 4 is 17.2 Å². The number of imidazole rings is 1. The number of halogens is 6. The Kier molecular flexibility index (Phi) is 7.66. The van der Waals surface area contributed by atoms with E-state index in [2.05, 4.69) is 26.8 Å². The van der Waals surface area contributed by atoms with Gasteiger partial charge in [0, 0.05) is 36.3 Å². The molecular formula is C28H24F6N6O2. The number of anilines is 1. The van der Waals surface area contributed by atoms with E-state index in [4.69, 9.17) is 0 Å². The van der Waals surface area contributed by atoms with Crippen LogP contribution in [0.2, 0.25) is 0 Å². The number of piperidine rings is 1. The summed E-state index contributed by atoms with van der Waals surface area (Å²) >= 11 is 0. The van der Waals surface area contributed by atoms with Crippen molar-refractivity contribution in [1.82, 2.24) is 24.3 Å². The van der Waals surface area contributed by atoms with E-state index in [0.29, 0.717) is 13.0 Å². The highest BCUT2D eigenvalue weighted by Crippen LogP contribution is 2.40. The van der Waals surface area contributed by atoms with Crippen LogP contribution in [0.3, 0.4) is 0 Å². The van der Waals surface area contributed by atoms with Crippen molar-refractivity contribution in [3.05, 3.63) is 90.3 Å². The Morgan fingerprint density at radius 3 is 2.45 bits per heavy atom. The second-order valence-electron chi connectivity index (χ2n) is 9.65. The lowest BCUT2D eigenvalue weighted by Gasteiger charge is -2.34. The summed E-state index contributed by atoms with van der Waals surface area (Å²) in [5, 5.41) is 13.1. The number of carbonyl (C=O) groups excluding carboxylic acids is 1. The maximum Gasteiger partial charge on any atom is 0.435 e. The minimum atomic E-state index is -4.81. The number of fused-ring (bicyclic) bond motifs is 1. The minimum absolute atomic E-state index is 0.0319. The number of rotatable bonds is 6. The molecule has 0 aliphatic carbocycles. The first-order chi connectivity index (χ1) is 19.9. The van der Waals surface area contributed by atoms with Gasteiger partial charge in [-0.05, 0) is 37.5 Å². The quantitative estimate of drug-likeness (QED) is 0.158. The normalized spacial score (nSPS) is 16.8. The fourth-order valence-electron chi connectivity index (χ4n) is 5.02. The molecule has 0 spiro atoms. The number of nitrogens with zero attached hydrogens (tertiary/aromatic N) is 5. The number of aliphatic hydroxyl groups excluding tert-OH is 1. The highest BCUT2D eigenvalue weighted by atomic mass is 19.4. The van der Waals surface area contributed by atoms with E-state index in [-0.39, 0.29) is 39.9 Å². The van der Waals surface area contributed by atoms with Crippen molar-refractivity contribution in [2.24, 2.45) is 0 Å². The van der Waals surface area contributed by atoms with Crippen LogP contribution in [0.5, 0.6) is 0 Å². The molecule has 1 aromatic carbocycles. The molecule has 5 rings (SSSR count). The monoisotopic (exact) mass is 590 g/mol. The SMILES string of the molecule is C=CC(=O)N1CCCC[C@H]1c1nc(-c2ccc(C(O)Nc3cc(C(F)(F)F)ccn3)cc2)c2c(C(F)(F)F)nccn12. The molecule has 0 saturated carbocycles. The van der Waals surface area contributed by atoms with Gasteiger partial charge in [-0.25, -0.2) is 15.0 Å². The third-order valence-electron chi connectivity index (χ3n) is 6.98. The molecule has 1 saturated heterocycles. The number of aromatic nitrogens is 4.